The van der Waals surface area contributed by atoms with Crippen LogP contribution in [0, 0.1) is 11.7 Å². The summed E-state index contributed by atoms with van der Waals surface area (Å²) in [4.78, 5) is 4.14. The molecule has 0 atom stereocenters. The van der Waals surface area contributed by atoms with Crippen LogP contribution < -0.4 is 10.6 Å². The maximum atomic E-state index is 13.6. The molecule has 2 rings (SSSR count). The van der Waals surface area contributed by atoms with Gasteiger partial charge in [0.05, 0.1) is 0 Å². The van der Waals surface area contributed by atoms with Crippen molar-refractivity contribution in [2.45, 2.75) is 25.8 Å². The Morgan fingerprint density at radius 2 is 2.08 bits per heavy atom. The Bertz CT molecular complexity index is 505. The van der Waals surface area contributed by atoms with Gasteiger partial charge in [0.2, 0.25) is 0 Å². The summed E-state index contributed by atoms with van der Waals surface area (Å²) in [6, 6.07) is 6.74. The van der Waals surface area contributed by atoms with Crippen molar-refractivity contribution in [3.8, 4) is 0 Å². The lowest BCUT2D eigenvalue weighted by molar-refractivity contribution is 0.0203. The molecular weight excluding hydrogens is 309 g/mol. The van der Waals surface area contributed by atoms with Crippen molar-refractivity contribution >= 4 is 5.96 Å². The lowest BCUT2D eigenvalue weighted by Gasteiger charge is -2.21. The van der Waals surface area contributed by atoms with E-state index in [0.717, 1.165) is 52.2 Å². The quantitative estimate of drug-likeness (QED) is 0.434. The summed E-state index contributed by atoms with van der Waals surface area (Å²) in [6.45, 7) is 4.45. The Kier molecular flexibility index (Phi) is 8.55. The number of guanidine groups is 1. The first-order valence-corrected chi connectivity index (χ1v) is 8.63. The summed E-state index contributed by atoms with van der Waals surface area (Å²) < 4.78 is 24.6. The van der Waals surface area contributed by atoms with E-state index in [0.29, 0.717) is 24.0 Å². The monoisotopic (exact) mass is 337 g/mol. The second-order valence-corrected chi connectivity index (χ2v) is 5.93. The van der Waals surface area contributed by atoms with E-state index >= 15 is 0 Å². The molecule has 1 aromatic rings. The molecule has 1 aliphatic rings. The van der Waals surface area contributed by atoms with E-state index in [-0.39, 0.29) is 5.82 Å². The predicted molar refractivity (Wildman–Crippen MR) is 93.6 cm³/mol. The molecular formula is C18H28FN3O2. The van der Waals surface area contributed by atoms with Gasteiger partial charge in [0.1, 0.15) is 5.82 Å². The van der Waals surface area contributed by atoms with Crippen molar-refractivity contribution in [3.63, 3.8) is 0 Å². The Morgan fingerprint density at radius 1 is 1.29 bits per heavy atom. The summed E-state index contributed by atoms with van der Waals surface area (Å²) in [6.07, 6.45) is 3.11. The highest BCUT2D eigenvalue weighted by Crippen LogP contribution is 2.14. The number of nitrogens with one attached hydrogen (secondary N) is 2. The maximum Gasteiger partial charge on any atom is 0.191 e. The van der Waals surface area contributed by atoms with Crippen LogP contribution in [0.4, 0.5) is 4.39 Å². The van der Waals surface area contributed by atoms with E-state index in [1.807, 2.05) is 6.07 Å². The second-order valence-electron chi connectivity index (χ2n) is 5.93. The molecule has 0 bridgehead atoms. The minimum atomic E-state index is -0.207. The van der Waals surface area contributed by atoms with Crippen LogP contribution >= 0.6 is 0 Å². The van der Waals surface area contributed by atoms with Crippen molar-refractivity contribution < 1.29 is 13.9 Å². The largest absolute Gasteiger partial charge is 0.381 e. The SMILES string of the molecule is CN=C(NCCCOCC1CCOCC1)NCc1ccccc1F. The molecule has 1 saturated heterocycles. The van der Waals surface area contributed by atoms with Crippen molar-refractivity contribution in [2.24, 2.45) is 10.9 Å². The molecule has 1 heterocycles. The molecule has 6 heteroatoms. The number of hydrogen-bond donors (Lipinski definition) is 2. The Hall–Kier alpha value is -1.66. The van der Waals surface area contributed by atoms with Gasteiger partial charge in [0.25, 0.3) is 0 Å². The summed E-state index contributed by atoms with van der Waals surface area (Å²) in [7, 11) is 1.71. The van der Waals surface area contributed by atoms with Gasteiger partial charge < -0.3 is 20.1 Å². The minimum absolute atomic E-state index is 0.207. The first kappa shape index (κ1) is 18.7. The van der Waals surface area contributed by atoms with Gasteiger partial charge in [-0.2, -0.15) is 0 Å². The average molecular weight is 337 g/mol. The van der Waals surface area contributed by atoms with Crippen LogP contribution in [0.3, 0.4) is 0 Å². The van der Waals surface area contributed by atoms with E-state index in [1.165, 1.54) is 6.07 Å². The van der Waals surface area contributed by atoms with Crippen molar-refractivity contribution in [3.05, 3.63) is 35.6 Å². The topological polar surface area (TPSA) is 54.9 Å². The molecule has 1 fully saturated rings. The van der Waals surface area contributed by atoms with Crippen LogP contribution in [0.25, 0.3) is 0 Å². The second kappa shape index (κ2) is 11.0. The Morgan fingerprint density at radius 3 is 2.83 bits per heavy atom. The molecule has 5 nitrogen and oxygen atoms in total. The molecule has 24 heavy (non-hydrogen) atoms. The van der Waals surface area contributed by atoms with Gasteiger partial charge in [-0.05, 0) is 31.2 Å². The third kappa shape index (κ3) is 6.84. The van der Waals surface area contributed by atoms with Crippen LogP contribution in [-0.4, -0.2) is 46.0 Å². The average Bonchev–Trinajstić information content (AvgIpc) is 2.62. The number of aliphatic imine (C=N–C) groups is 1. The number of rotatable bonds is 8. The molecule has 1 aliphatic heterocycles. The van der Waals surface area contributed by atoms with E-state index in [9.17, 15) is 4.39 Å². The van der Waals surface area contributed by atoms with E-state index in [2.05, 4.69) is 15.6 Å². The first-order chi connectivity index (χ1) is 11.8. The smallest absolute Gasteiger partial charge is 0.191 e. The molecule has 0 unspecified atom stereocenters. The molecule has 0 saturated carbocycles. The predicted octanol–water partition coefficient (Wildman–Crippen LogP) is 2.32. The van der Waals surface area contributed by atoms with Gasteiger partial charge in [0.15, 0.2) is 5.96 Å². The summed E-state index contributed by atoms with van der Waals surface area (Å²) in [5.74, 6) is 1.10. The van der Waals surface area contributed by atoms with E-state index in [1.54, 1.807) is 19.2 Å². The fraction of sp³-hybridized carbons (Fsp3) is 0.611. The number of halogens is 1. The normalized spacial score (nSPS) is 16.2. The third-order valence-corrected chi connectivity index (χ3v) is 4.08. The van der Waals surface area contributed by atoms with Gasteiger partial charge in [0, 0.05) is 52.1 Å². The zero-order valence-electron chi connectivity index (χ0n) is 14.4. The molecule has 0 aliphatic carbocycles. The Balaban J connectivity index is 1.54. The number of ether oxygens (including phenoxy) is 2. The fourth-order valence-corrected chi connectivity index (χ4v) is 2.59. The van der Waals surface area contributed by atoms with E-state index in [4.69, 9.17) is 9.47 Å². The third-order valence-electron chi connectivity index (χ3n) is 4.08. The van der Waals surface area contributed by atoms with Crippen LogP contribution in [-0.2, 0) is 16.0 Å². The molecule has 1 aromatic carbocycles. The standard InChI is InChI=1S/C18H28FN3O2/c1-20-18(22-13-16-5-2-3-6-17(16)19)21-9-4-10-24-14-15-7-11-23-12-8-15/h2-3,5-6,15H,4,7-14H2,1H3,(H2,20,21,22). The highest BCUT2D eigenvalue weighted by atomic mass is 19.1. The van der Waals surface area contributed by atoms with Gasteiger partial charge >= 0.3 is 0 Å². The van der Waals surface area contributed by atoms with Crippen molar-refractivity contribution in [1.29, 1.82) is 0 Å². The van der Waals surface area contributed by atoms with Gasteiger partial charge in [-0.1, -0.05) is 18.2 Å². The van der Waals surface area contributed by atoms with E-state index < -0.39 is 0 Å². The number of hydrogen-bond acceptors (Lipinski definition) is 3. The lowest BCUT2D eigenvalue weighted by atomic mass is 10.0. The first-order valence-electron chi connectivity index (χ1n) is 8.63. The van der Waals surface area contributed by atoms with Crippen molar-refractivity contribution in [1.82, 2.24) is 10.6 Å². The fourth-order valence-electron chi connectivity index (χ4n) is 2.59. The van der Waals surface area contributed by atoms with Crippen LogP contribution in [0.2, 0.25) is 0 Å². The Labute approximate surface area is 143 Å². The number of benzene rings is 1. The van der Waals surface area contributed by atoms with Gasteiger partial charge in [-0.15, -0.1) is 0 Å². The molecule has 134 valence electrons. The maximum absolute atomic E-state index is 13.6. The summed E-state index contributed by atoms with van der Waals surface area (Å²) >= 11 is 0. The summed E-state index contributed by atoms with van der Waals surface area (Å²) in [5.41, 5.74) is 0.625. The molecule has 0 radical (unpaired) electrons. The van der Waals surface area contributed by atoms with Crippen LogP contribution in [0.5, 0.6) is 0 Å². The van der Waals surface area contributed by atoms with Crippen LogP contribution in [0.15, 0.2) is 29.3 Å². The zero-order chi connectivity index (χ0) is 17.0. The lowest BCUT2D eigenvalue weighted by Crippen LogP contribution is -2.37. The zero-order valence-corrected chi connectivity index (χ0v) is 14.4. The summed E-state index contributed by atoms with van der Waals surface area (Å²) in [5, 5.41) is 6.33. The molecule has 2 N–H and O–H groups in total. The minimum Gasteiger partial charge on any atom is -0.381 e. The van der Waals surface area contributed by atoms with Crippen molar-refractivity contribution in [2.75, 3.05) is 40.0 Å². The highest BCUT2D eigenvalue weighted by Gasteiger charge is 2.13. The van der Waals surface area contributed by atoms with Gasteiger partial charge in [-0.3, -0.25) is 4.99 Å². The van der Waals surface area contributed by atoms with Crippen LogP contribution in [0.1, 0.15) is 24.8 Å². The molecule has 0 aromatic heterocycles. The van der Waals surface area contributed by atoms with Gasteiger partial charge in [-0.25, -0.2) is 4.39 Å². The molecule has 0 spiro atoms. The molecule has 0 amide bonds. The highest BCUT2D eigenvalue weighted by molar-refractivity contribution is 5.79. The number of nitrogens with zero attached hydrogens (tertiary/aromatic N) is 1.